The Labute approximate surface area is 163 Å². The summed E-state index contributed by atoms with van der Waals surface area (Å²) >= 11 is 1.96. The molecule has 8 nitrogen and oxygen atoms in total. The van der Waals surface area contributed by atoms with Gasteiger partial charge in [0.25, 0.3) is 0 Å². The summed E-state index contributed by atoms with van der Waals surface area (Å²) in [6.45, 7) is 1.95. The monoisotopic (exact) mass is 387 g/mol. The van der Waals surface area contributed by atoms with Gasteiger partial charge in [-0.1, -0.05) is 19.3 Å². The number of carbonyl (C=O) groups excluding carboxylic acids is 1. The van der Waals surface area contributed by atoms with Crippen LogP contribution in [0.5, 0.6) is 0 Å². The molecule has 1 saturated heterocycles. The van der Waals surface area contributed by atoms with Crippen LogP contribution in [0.1, 0.15) is 32.1 Å². The van der Waals surface area contributed by atoms with Gasteiger partial charge in [0.05, 0.1) is 24.3 Å². The fraction of sp³-hybridized carbons (Fsp3) is 0.556. The van der Waals surface area contributed by atoms with E-state index in [0.29, 0.717) is 5.69 Å². The van der Waals surface area contributed by atoms with Crippen molar-refractivity contribution in [1.82, 2.24) is 25.1 Å². The lowest BCUT2D eigenvalue weighted by atomic mass is 9.96. The van der Waals surface area contributed by atoms with E-state index in [4.69, 9.17) is 0 Å². The molecule has 2 aliphatic rings. The molecule has 2 N–H and O–H groups in total. The van der Waals surface area contributed by atoms with E-state index in [-0.39, 0.29) is 12.1 Å². The first-order valence-corrected chi connectivity index (χ1v) is 10.7. The molecule has 0 radical (unpaired) electrons. The normalized spacial score (nSPS) is 18.3. The molecule has 1 aliphatic carbocycles. The van der Waals surface area contributed by atoms with Crippen molar-refractivity contribution in [3.8, 4) is 5.82 Å². The highest BCUT2D eigenvalue weighted by molar-refractivity contribution is 7.99. The average molecular weight is 388 g/mol. The molecule has 0 aromatic carbocycles. The van der Waals surface area contributed by atoms with Crippen LogP contribution in [0.2, 0.25) is 0 Å². The zero-order valence-electron chi connectivity index (χ0n) is 15.3. The maximum Gasteiger partial charge on any atom is 0.319 e. The van der Waals surface area contributed by atoms with Gasteiger partial charge >= 0.3 is 6.03 Å². The van der Waals surface area contributed by atoms with Crippen LogP contribution in [-0.4, -0.2) is 56.4 Å². The van der Waals surface area contributed by atoms with E-state index in [1.165, 1.54) is 25.6 Å². The number of rotatable bonds is 4. The highest BCUT2D eigenvalue weighted by Crippen LogP contribution is 2.24. The van der Waals surface area contributed by atoms with E-state index in [0.717, 1.165) is 48.9 Å². The Hall–Kier alpha value is -2.29. The fourth-order valence-corrected chi connectivity index (χ4v) is 4.53. The summed E-state index contributed by atoms with van der Waals surface area (Å²) in [4.78, 5) is 23.1. The molecule has 1 aliphatic heterocycles. The fourth-order valence-electron chi connectivity index (χ4n) is 3.62. The average Bonchev–Trinajstić information content (AvgIpc) is 3.17. The molecular formula is C18H25N7OS. The van der Waals surface area contributed by atoms with Gasteiger partial charge in [-0.05, 0) is 12.8 Å². The number of thioether (sulfide) groups is 1. The summed E-state index contributed by atoms with van der Waals surface area (Å²) in [5, 5.41) is 10.3. The van der Waals surface area contributed by atoms with Crippen LogP contribution < -0.4 is 15.5 Å². The largest absolute Gasteiger partial charge is 0.366 e. The Morgan fingerprint density at radius 3 is 2.78 bits per heavy atom. The molecule has 0 atom stereocenters. The highest BCUT2D eigenvalue weighted by atomic mass is 32.2. The van der Waals surface area contributed by atoms with Crippen molar-refractivity contribution in [3.05, 3.63) is 24.9 Å². The minimum Gasteiger partial charge on any atom is -0.366 e. The molecule has 9 heteroatoms. The van der Waals surface area contributed by atoms with Crippen LogP contribution in [0.3, 0.4) is 0 Å². The smallest absolute Gasteiger partial charge is 0.319 e. The molecule has 2 aromatic heterocycles. The second-order valence-corrected chi connectivity index (χ2v) is 8.16. The van der Waals surface area contributed by atoms with Gasteiger partial charge in [-0.15, -0.1) is 0 Å². The Kier molecular flexibility index (Phi) is 5.76. The molecule has 2 aromatic rings. The first kappa shape index (κ1) is 18.1. The number of urea groups is 1. The number of hydrogen-bond acceptors (Lipinski definition) is 6. The quantitative estimate of drug-likeness (QED) is 0.839. The van der Waals surface area contributed by atoms with Crippen molar-refractivity contribution < 1.29 is 4.79 Å². The van der Waals surface area contributed by atoms with E-state index in [2.05, 4.69) is 30.6 Å². The minimum atomic E-state index is -0.169. The van der Waals surface area contributed by atoms with E-state index in [9.17, 15) is 4.79 Å². The number of nitrogens with one attached hydrogen (secondary N) is 2. The molecule has 1 saturated carbocycles. The Bertz CT molecular complexity index is 769. The van der Waals surface area contributed by atoms with Crippen molar-refractivity contribution >= 4 is 29.2 Å². The Balaban J connectivity index is 1.44. The van der Waals surface area contributed by atoms with Crippen LogP contribution in [0, 0.1) is 0 Å². The number of carbonyl (C=O) groups is 1. The van der Waals surface area contributed by atoms with Crippen molar-refractivity contribution in [2.75, 3.05) is 34.8 Å². The predicted octanol–water partition coefficient (Wildman–Crippen LogP) is 2.67. The van der Waals surface area contributed by atoms with Crippen LogP contribution >= 0.6 is 11.8 Å². The molecule has 0 bridgehead atoms. The summed E-state index contributed by atoms with van der Waals surface area (Å²) in [5.41, 5.74) is 1.63. The first-order chi connectivity index (χ1) is 13.3. The molecule has 27 heavy (non-hydrogen) atoms. The van der Waals surface area contributed by atoms with E-state index in [1.54, 1.807) is 17.1 Å². The molecule has 144 valence electrons. The topological polar surface area (TPSA) is 88.0 Å². The van der Waals surface area contributed by atoms with Crippen molar-refractivity contribution in [3.63, 3.8) is 0 Å². The first-order valence-electron chi connectivity index (χ1n) is 9.55. The van der Waals surface area contributed by atoms with Gasteiger partial charge in [-0.2, -0.15) is 16.9 Å². The van der Waals surface area contributed by atoms with Gasteiger partial charge in [0.15, 0.2) is 5.82 Å². The lowest BCUT2D eigenvalue weighted by molar-refractivity contribution is 0.244. The Morgan fingerprint density at radius 2 is 1.96 bits per heavy atom. The molecule has 4 rings (SSSR count). The van der Waals surface area contributed by atoms with Crippen molar-refractivity contribution in [2.24, 2.45) is 0 Å². The minimum absolute atomic E-state index is 0.169. The highest BCUT2D eigenvalue weighted by Gasteiger charge is 2.19. The maximum atomic E-state index is 12.2. The maximum absolute atomic E-state index is 12.2. The number of amides is 2. The van der Waals surface area contributed by atoms with Crippen molar-refractivity contribution in [1.29, 1.82) is 0 Å². The SMILES string of the molecule is O=C(Nc1cnn(-c2ncncc2N2CCSCC2)c1)NC1CCCCC1. The van der Waals surface area contributed by atoms with Gasteiger partial charge in [0.2, 0.25) is 0 Å². The molecule has 2 fully saturated rings. The Morgan fingerprint density at radius 1 is 1.15 bits per heavy atom. The molecule has 2 amide bonds. The summed E-state index contributed by atoms with van der Waals surface area (Å²) in [6.07, 6.45) is 12.6. The third-order valence-electron chi connectivity index (χ3n) is 5.02. The molecular weight excluding hydrogens is 362 g/mol. The van der Waals surface area contributed by atoms with Crippen molar-refractivity contribution in [2.45, 2.75) is 38.1 Å². The third-order valence-corrected chi connectivity index (χ3v) is 5.96. The van der Waals surface area contributed by atoms with Gasteiger partial charge < -0.3 is 15.5 Å². The van der Waals surface area contributed by atoms with E-state index >= 15 is 0 Å². The van der Waals surface area contributed by atoms with Gasteiger partial charge in [0, 0.05) is 30.6 Å². The lowest BCUT2D eigenvalue weighted by Gasteiger charge is -2.29. The summed E-state index contributed by atoms with van der Waals surface area (Å²) in [7, 11) is 0. The van der Waals surface area contributed by atoms with Crippen LogP contribution in [0.4, 0.5) is 16.2 Å². The number of aromatic nitrogens is 4. The number of hydrogen-bond donors (Lipinski definition) is 2. The standard InChI is InChI=1S/C18H25N7OS/c26-18(22-14-4-2-1-3-5-14)23-15-10-21-25(12-15)17-16(11-19-13-20-17)24-6-8-27-9-7-24/h10-14H,1-9H2,(H2,22,23,26). The zero-order chi connectivity index (χ0) is 18.5. The third kappa shape index (κ3) is 4.52. The van der Waals surface area contributed by atoms with E-state index in [1.807, 2.05) is 18.0 Å². The van der Waals surface area contributed by atoms with Gasteiger partial charge in [-0.3, -0.25) is 0 Å². The second kappa shape index (κ2) is 8.60. The van der Waals surface area contributed by atoms with Crippen LogP contribution in [-0.2, 0) is 0 Å². The molecule has 0 unspecified atom stereocenters. The second-order valence-electron chi connectivity index (χ2n) is 6.94. The van der Waals surface area contributed by atoms with E-state index < -0.39 is 0 Å². The predicted molar refractivity (Wildman–Crippen MR) is 108 cm³/mol. The van der Waals surface area contributed by atoms with Crippen LogP contribution in [0.15, 0.2) is 24.9 Å². The van der Waals surface area contributed by atoms with Crippen LogP contribution in [0.25, 0.3) is 5.82 Å². The molecule has 3 heterocycles. The summed E-state index contributed by atoms with van der Waals surface area (Å²) < 4.78 is 1.70. The van der Waals surface area contributed by atoms with Gasteiger partial charge in [-0.25, -0.2) is 19.4 Å². The van der Waals surface area contributed by atoms with Gasteiger partial charge in [0.1, 0.15) is 12.0 Å². The lowest BCUT2D eigenvalue weighted by Crippen LogP contribution is -2.38. The summed E-state index contributed by atoms with van der Waals surface area (Å²) in [5.74, 6) is 2.93. The molecule has 0 spiro atoms. The summed E-state index contributed by atoms with van der Waals surface area (Å²) in [6, 6.07) is 0.108. The zero-order valence-corrected chi connectivity index (χ0v) is 16.1. The number of anilines is 2. The number of nitrogens with zero attached hydrogens (tertiary/aromatic N) is 5.